The monoisotopic (exact) mass is 412 g/mol. The molecule has 2 aromatic carbocycles. The number of sulfonamides is 1. The molecule has 3 rings (SSSR count). The summed E-state index contributed by atoms with van der Waals surface area (Å²) in [6, 6.07) is 10.6. The molecule has 0 atom stereocenters. The first-order chi connectivity index (χ1) is 12.4. The highest BCUT2D eigenvalue weighted by atomic mass is 35.5. The Morgan fingerprint density at radius 1 is 0.962 bits per heavy atom. The Morgan fingerprint density at radius 2 is 1.69 bits per heavy atom. The summed E-state index contributed by atoms with van der Waals surface area (Å²) in [5.41, 5.74) is 0.778. The molecule has 1 heterocycles. The Kier molecular flexibility index (Phi) is 5.75. The number of halogens is 2. The molecule has 1 fully saturated rings. The number of carbonyl (C=O) groups excluding carboxylic acids is 1. The van der Waals surface area contributed by atoms with Gasteiger partial charge in [-0.1, -0.05) is 29.3 Å². The number of piperidine rings is 1. The largest absolute Gasteiger partial charge is 0.339 e. The van der Waals surface area contributed by atoms with Gasteiger partial charge in [-0.15, -0.1) is 0 Å². The molecule has 1 amide bonds. The molecule has 1 saturated heterocycles. The van der Waals surface area contributed by atoms with E-state index in [1.165, 1.54) is 18.2 Å². The molecule has 0 spiro atoms. The van der Waals surface area contributed by atoms with Crippen molar-refractivity contribution in [3.8, 4) is 0 Å². The van der Waals surface area contributed by atoms with E-state index in [0.717, 1.165) is 32.4 Å². The zero-order valence-electron chi connectivity index (χ0n) is 13.9. The van der Waals surface area contributed by atoms with Gasteiger partial charge >= 0.3 is 0 Å². The Bertz CT molecular complexity index is 926. The van der Waals surface area contributed by atoms with Crippen molar-refractivity contribution >= 4 is 44.8 Å². The maximum absolute atomic E-state index is 12.6. The number of amides is 1. The normalized spacial score (nSPS) is 14.9. The second-order valence-electron chi connectivity index (χ2n) is 6.12. The van der Waals surface area contributed by atoms with Crippen LogP contribution in [0.25, 0.3) is 0 Å². The van der Waals surface area contributed by atoms with Crippen LogP contribution in [0, 0.1) is 0 Å². The van der Waals surface area contributed by atoms with Gasteiger partial charge in [-0.3, -0.25) is 9.52 Å². The van der Waals surface area contributed by atoms with Crippen LogP contribution in [0.3, 0.4) is 0 Å². The number of nitrogens with zero attached hydrogens (tertiary/aromatic N) is 1. The highest BCUT2D eigenvalue weighted by Gasteiger charge is 2.20. The fourth-order valence-corrected chi connectivity index (χ4v) is 4.29. The summed E-state index contributed by atoms with van der Waals surface area (Å²) in [4.78, 5) is 14.4. The molecule has 0 bridgehead atoms. The molecule has 138 valence electrons. The van der Waals surface area contributed by atoms with E-state index in [9.17, 15) is 13.2 Å². The van der Waals surface area contributed by atoms with E-state index in [4.69, 9.17) is 23.2 Å². The van der Waals surface area contributed by atoms with E-state index >= 15 is 0 Å². The topological polar surface area (TPSA) is 66.5 Å². The van der Waals surface area contributed by atoms with Crippen LogP contribution in [-0.4, -0.2) is 32.3 Å². The summed E-state index contributed by atoms with van der Waals surface area (Å²) in [6.07, 6.45) is 3.12. The van der Waals surface area contributed by atoms with Crippen molar-refractivity contribution in [1.29, 1.82) is 0 Å². The van der Waals surface area contributed by atoms with Crippen molar-refractivity contribution in [3.63, 3.8) is 0 Å². The molecule has 8 heteroatoms. The molecule has 26 heavy (non-hydrogen) atoms. The Morgan fingerprint density at radius 3 is 2.38 bits per heavy atom. The lowest BCUT2D eigenvalue weighted by atomic mass is 10.1. The highest BCUT2D eigenvalue weighted by Crippen LogP contribution is 2.26. The van der Waals surface area contributed by atoms with Crippen LogP contribution in [0.15, 0.2) is 47.4 Å². The SMILES string of the molecule is O=C(c1cccc(NS(=O)(=O)c2ccc(Cl)c(Cl)c2)c1)N1CCCCC1. The Balaban J connectivity index is 1.81. The van der Waals surface area contributed by atoms with Gasteiger partial charge in [0.05, 0.1) is 14.9 Å². The van der Waals surface area contributed by atoms with Crippen LogP contribution in [0.2, 0.25) is 10.0 Å². The van der Waals surface area contributed by atoms with Gasteiger partial charge in [0.25, 0.3) is 15.9 Å². The van der Waals surface area contributed by atoms with Crippen LogP contribution < -0.4 is 4.72 Å². The van der Waals surface area contributed by atoms with E-state index in [-0.39, 0.29) is 20.8 Å². The van der Waals surface area contributed by atoms with Gasteiger partial charge in [-0.25, -0.2) is 8.42 Å². The molecule has 1 aliphatic heterocycles. The van der Waals surface area contributed by atoms with E-state index in [1.807, 2.05) is 0 Å². The summed E-state index contributed by atoms with van der Waals surface area (Å²) in [5, 5.41) is 0.434. The summed E-state index contributed by atoms with van der Waals surface area (Å²) < 4.78 is 27.6. The molecule has 0 aliphatic carbocycles. The molecule has 0 saturated carbocycles. The number of likely N-dealkylation sites (tertiary alicyclic amines) is 1. The van der Waals surface area contributed by atoms with Crippen LogP contribution >= 0.6 is 23.2 Å². The van der Waals surface area contributed by atoms with Gasteiger partial charge in [-0.05, 0) is 55.7 Å². The molecule has 0 unspecified atom stereocenters. The summed E-state index contributed by atoms with van der Waals surface area (Å²) in [5.74, 6) is -0.0831. The minimum atomic E-state index is -3.84. The van der Waals surface area contributed by atoms with Gasteiger partial charge < -0.3 is 4.90 Å². The van der Waals surface area contributed by atoms with E-state index in [1.54, 1.807) is 29.2 Å². The molecule has 1 aliphatic rings. The number of benzene rings is 2. The van der Waals surface area contributed by atoms with E-state index in [2.05, 4.69) is 4.72 Å². The van der Waals surface area contributed by atoms with Crippen molar-refractivity contribution in [1.82, 2.24) is 4.90 Å². The van der Waals surface area contributed by atoms with E-state index < -0.39 is 10.0 Å². The number of carbonyl (C=O) groups is 1. The maximum atomic E-state index is 12.6. The number of hydrogen-bond donors (Lipinski definition) is 1. The van der Waals surface area contributed by atoms with Crippen LogP contribution in [0.5, 0.6) is 0 Å². The zero-order chi connectivity index (χ0) is 18.7. The second-order valence-corrected chi connectivity index (χ2v) is 8.61. The highest BCUT2D eigenvalue weighted by molar-refractivity contribution is 7.92. The predicted octanol–water partition coefficient (Wildman–Crippen LogP) is 4.42. The maximum Gasteiger partial charge on any atom is 0.261 e. The van der Waals surface area contributed by atoms with Gasteiger partial charge in [-0.2, -0.15) is 0 Å². The van der Waals surface area contributed by atoms with Crippen LogP contribution in [0.4, 0.5) is 5.69 Å². The third kappa shape index (κ3) is 4.31. The van der Waals surface area contributed by atoms with Crippen molar-refractivity contribution in [2.24, 2.45) is 0 Å². The van der Waals surface area contributed by atoms with Crippen LogP contribution in [0.1, 0.15) is 29.6 Å². The molecule has 0 radical (unpaired) electrons. The molecule has 0 aromatic heterocycles. The lowest BCUT2D eigenvalue weighted by Crippen LogP contribution is -2.35. The molecular weight excluding hydrogens is 395 g/mol. The number of anilines is 1. The molecule has 2 aromatic rings. The van der Waals surface area contributed by atoms with Crippen molar-refractivity contribution < 1.29 is 13.2 Å². The van der Waals surface area contributed by atoms with Gasteiger partial charge in [0, 0.05) is 24.3 Å². The van der Waals surface area contributed by atoms with Gasteiger partial charge in [0.2, 0.25) is 0 Å². The first kappa shape index (κ1) is 19.0. The second kappa shape index (κ2) is 7.86. The van der Waals surface area contributed by atoms with Crippen molar-refractivity contribution in [2.75, 3.05) is 17.8 Å². The molecule has 1 N–H and O–H groups in total. The number of nitrogens with one attached hydrogen (secondary N) is 1. The zero-order valence-corrected chi connectivity index (χ0v) is 16.2. The lowest BCUT2D eigenvalue weighted by Gasteiger charge is -2.26. The van der Waals surface area contributed by atoms with Crippen LogP contribution in [-0.2, 0) is 10.0 Å². The summed E-state index contributed by atoms with van der Waals surface area (Å²) >= 11 is 11.7. The quantitative estimate of drug-likeness (QED) is 0.807. The van der Waals surface area contributed by atoms with Crippen molar-refractivity contribution in [3.05, 3.63) is 58.1 Å². The smallest absolute Gasteiger partial charge is 0.261 e. The number of hydrogen-bond acceptors (Lipinski definition) is 3. The van der Waals surface area contributed by atoms with Gasteiger partial charge in [0.1, 0.15) is 0 Å². The van der Waals surface area contributed by atoms with E-state index in [0.29, 0.717) is 11.3 Å². The predicted molar refractivity (Wildman–Crippen MR) is 103 cm³/mol. The number of rotatable bonds is 4. The fraction of sp³-hybridized carbons (Fsp3) is 0.278. The first-order valence-corrected chi connectivity index (χ1v) is 10.5. The average Bonchev–Trinajstić information content (AvgIpc) is 2.64. The third-order valence-electron chi connectivity index (χ3n) is 4.21. The molecular formula is C18H18Cl2N2O3S. The summed E-state index contributed by atoms with van der Waals surface area (Å²) in [7, 11) is -3.84. The lowest BCUT2D eigenvalue weighted by molar-refractivity contribution is 0.0724. The summed E-state index contributed by atoms with van der Waals surface area (Å²) in [6.45, 7) is 1.47. The van der Waals surface area contributed by atoms with Crippen molar-refractivity contribution in [2.45, 2.75) is 24.2 Å². The standard InChI is InChI=1S/C18H18Cl2N2O3S/c19-16-8-7-15(12-17(16)20)26(24,25)21-14-6-4-5-13(11-14)18(23)22-9-2-1-3-10-22/h4-8,11-12,21H,1-3,9-10H2. The minimum absolute atomic E-state index is 0.000315. The Labute approximate surface area is 163 Å². The van der Waals surface area contributed by atoms with Gasteiger partial charge in [0.15, 0.2) is 0 Å². The first-order valence-electron chi connectivity index (χ1n) is 8.24. The third-order valence-corrected chi connectivity index (χ3v) is 6.32. The average molecular weight is 413 g/mol. The fourth-order valence-electron chi connectivity index (χ4n) is 2.85. The minimum Gasteiger partial charge on any atom is -0.339 e. The Hall–Kier alpha value is -1.76. The molecule has 5 nitrogen and oxygen atoms in total.